The van der Waals surface area contributed by atoms with Crippen LogP contribution >= 0.6 is 0 Å². The van der Waals surface area contributed by atoms with Gasteiger partial charge in [-0.15, -0.1) is 0 Å². The molecule has 0 amide bonds. The van der Waals surface area contributed by atoms with Gasteiger partial charge in [-0.05, 0) is 13.8 Å². The standard InChI is InChI=1S/C6H10O3.C4H6O3/c1-5(2)6(8)9-4-3-7;1-3(5)2-4(6)7/h7H,1,3-4H2,2H3;2H2,1H3,(H,6,7). The smallest absolute Gasteiger partial charge is 0.333 e. The topological polar surface area (TPSA) is 101 Å². The number of Topliss-reactive ketones (excluding diaryl/α,β-unsaturated/α-hetero) is 1. The van der Waals surface area contributed by atoms with Crippen LogP contribution in [0.1, 0.15) is 20.3 Å². The Balaban J connectivity index is 0. The fourth-order valence-electron chi connectivity index (χ4n) is 0.475. The molecule has 0 aromatic heterocycles. The summed E-state index contributed by atoms with van der Waals surface area (Å²) in [7, 11) is 0. The van der Waals surface area contributed by atoms with Crippen molar-refractivity contribution in [3.63, 3.8) is 0 Å². The number of rotatable bonds is 5. The number of carboxylic acid groups (broad SMARTS) is 1. The first-order chi connectivity index (χ1) is 7.31. The molecule has 0 aliphatic heterocycles. The number of ketones is 1. The van der Waals surface area contributed by atoms with E-state index in [0.29, 0.717) is 5.57 Å². The summed E-state index contributed by atoms with van der Waals surface area (Å²) in [6.07, 6.45) is -0.361. The first-order valence-corrected chi connectivity index (χ1v) is 4.46. The van der Waals surface area contributed by atoms with Gasteiger partial charge in [0, 0.05) is 5.57 Å². The summed E-state index contributed by atoms with van der Waals surface area (Å²) < 4.78 is 4.46. The Morgan fingerprint density at radius 2 is 1.75 bits per heavy atom. The van der Waals surface area contributed by atoms with E-state index in [0.717, 1.165) is 0 Å². The molecule has 0 rings (SSSR count). The summed E-state index contributed by atoms with van der Waals surface area (Å²) in [6.45, 7) is 6.06. The number of esters is 1. The van der Waals surface area contributed by atoms with E-state index in [2.05, 4.69) is 11.3 Å². The van der Waals surface area contributed by atoms with E-state index >= 15 is 0 Å². The molecule has 0 saturated carbocycles. The van der Waals surface area contributed by atoms with Crippen molar-refractivity contribution in [2.75, 3.05) is 13.2 Å². The van der Waals surface area contributed by atoms with E-state index in [9.17, 15) is 14.4 Å². The van der Waals surface area contributed by atoms with Crippen LogP contribution in [0.3, 0.4) is 0 Å². The Morgan fingerprint density at radius 3 is 1.94 bits per heavy atom. The van der Waals surface area contributed by atoms with Crippen molar-refractivity contribution < 1.29 is 29.3 Å². The summed E-state index contributed by atoms with van der Waals surface area (Å²) >= 11 is 0. The maximum Gasteiger partial charge on any atom is 0.333 e. The summed E-state index contributed by atoms with van der Waals surface area (Å²) in [5.74, 6) is -1.83. The summed E-state index contributed by atoms with van der Waals surface area (Å²) in [5, 5.41) is 16.1. The van der Waals surface area contributed by atoms with Crippen LogP contribution in [0.25, 0.3) is 0 Å². The van der Waals surface area contributed by atoms with Crippen molar-refractivity contribution in [3.05, 3.63) is 12.2 Å². The second kappa shape index (κ2) is 9.85. The van der Waals surface area contributed by atoms with Gasteiger partial charge in [0.2, 0.25) is 0 Å². The third-order valence-corrected chi connectivity index (χ3v) is 1.07. The van der Waals surface area contributed by atoms with Gasteiger partial charge in [-0.2, -0.15) is 0 Å². The van der Waals surface area contributed by atoms with E-state index < -0.39 is 11.9 Å². The number of ether oxygens (including phenoxy) is 1. The van der Waals surface area contributed by atoms with E-state index in [4.69, 9.17) is 10.2 Å². The fourth-order valence-corrected chi connectivity index (χ4v) is 0.475. The van der Waals surface area contributed by atoms with Crippen LogP contribution in [0, 0.1) is 0 Å². The first kappa shape index (κ1) is 16.7. The summed E-state index contributed by atoms with van der Waals surface area (Å²) in [6, 6.07) is 0. The van der Waals surface area contributed by atoms with Gasteiger partial charge in [0.1, 0.15) is 18.8 Å². The fraction of sp³-hybridized carbons (Fsp3) is 0.500. The molecule has 0 radical (unpaired) electrons. The van der Waals surface area contributed by atoms with Gasteiger partial charge >= 0.3 is 11.9 Å². The quantitative estimate of drug-likeness (QED) is 0.397. The molecule has 0 bridgehead atoms. The Kier molecular flexibility index (Phi) is 10.3. The van der Waals surface area contributed by atoms with Crippen molar-refractivity contribution in [1.29, 1.82) is 0 Å². The van der Waals surface area contributed by atoms with Gasteiger partial charge in [-0.1, -0.05) is 6.58 Å². The molecule has 0 aromatic rings. The predicted octanol–water partition coefficient (Wildman–Crippen LogP) is 0.148. The Labute approximate surface area is 93.5 Å². The minimum atomic E-state index is -1.06. The molecule has 6 nitrogen and oxygen atoms in total. The SMILES string of the molecule is C=C(C)C(=O)OCCO.CC(=O)CC(=O)O. The number of carbonyl (C=O) groups excluding carboxylic acids is 2. The van der Waals surface area contributed by atoms with Gasteiger partial charge in [0.25, 0.3) is 0 Å². The molecule has 0 atom stereocenters. The molecule has 16 heavy (non-hydrogen) atoms. The number of aliphatic hydroxyl groups is 1. The van der Waals surface area contributed by atoms with Crippen molar-refractivity contribution >= 4 is 17.7 Å². The first-order valence-electron chi connectivity index (χ1n) is 4.46. The molecule has 0 unspecified atom stereocenters. The predicted molar refractivity (Wildman–Crippen MR) is 55.8 cm³/mol. The van der Waals surface area contributed by atoms with Crippen molar-refractivity contribution in [2.24, 2.45) is 0 Å². The van der Waals surface area contributed by atoms with Gasteiger partial charge in [0.05, 0.1) is 6.61 Å². The largest absolute Gasteiger partial charge is 0.481 e. The van der Waals surface area contributed by atoms with Crippen LogP contribution in [0.15, 0.2) is 12.2 Å². The minimum Gasteiger partial charge on any atom is -0.481 e. The normalized spacial score (nSPS) is 8.44. The molecular weight excluding hydrogens is 216 g/mol. The maximum absolute atomic E-state index is 10.5. The highest BCUT2D eigenvalue weighted by atomic mass is 16.5. The minimum absolute atomic E-state index is 0.0473. The lowest BCUT2D eigenvalue weighted by atomic mass is 10.3. The molecule has 0 aliphatic carbocycles. The zero-order chi connectivity index (χ0) is 13.1. The summed E-state index contributed by atoms with van der Waals surface area (Å²) in [4.78, 5) is 29.9. The lowest BCUT2D eigenvalue weighted by Gasteiger charge is -1.99. The highest BCUT2D eigenvalue weighted by Crippen LogP contribution is 1.89. The number of carboxylic acids is 1. The Bertz CT molecular complexity index is 256. The van der Waals surface area contributed by atoms with Crippen LogP contribution in [0.5, 0.6) is 0 Å². The van der Waals surface area contributed by atoms with E-state index in [1.54, 1.807) is 6.92 Å². The Morgan fingerprint density at radius 1 is 1.25 bits per heavy atom. The molecule has 0 saturated heterocycles. The average Bonchev–Trinajstić information content (AvgIpc) is 2.12. The molecule has 6 heteroatoms. The molecule has 92 valence electrons. The van der Waals surface area contributed by atoms with Crippen molar-refractivity contribution in [2.45, 2.75) is 20.3 Å². The molecular formula is C10H16O6. The second-order valence-corrected chi connectivity index (χ2v) is 2.91. The second-order valence-electron chi connectivity index (χ2n) is 2.91. The van der Waals surface area contributed by atoms with E-state index in [1.165, 1.54) is 6.92 Å². The zero-order valence-corrected chi connectivity index (χ0v) is 9.36. The van der Waals surface area contributed by atoms with Crippen molar-refractivity contribution in [1.82, 2.24) is 0 Å². The molecule has 0 fully saturated rings. The van der Waals surface area contributed by atoms with Crippen LogP contribution in [-0.4, -0.2) is 41.1 Å². The summed E-state index contributed by atoms with van der Waals surface area (Å²) in [5.41, 5.74) is 0.350. The number of hydrogen-bond donors (Lipinski definition) is 2. The molecule has 0 aliphatic rings. The highest BCUT2D eigenvalue weighted by molar-refractivity contribution is 5.93. The van der Waals surface area contributed by atoms with E-state index in [1.807, 2.05) is 0 Å². The maximum atomic E-state index is 10.5. The monoisotopic (exact) mass is 232 g/mol. The third kappa shape index (κ3) is 14.8. The number of hydrogen-bond acceptors (Lipinski definition) is 5. The van der Waals surface area contributed by atoms with Crippen LogP contribution in [0.4, 0.5) is 0 Å². The lowest BCUT2D eigenvalue weighted by molar-refractivity contribution is -0.141. The third-order valence-electron chi connectivity index (χ3n) is 1.07. The van der Waals surface area contributed by atoms with Gasteiger partial charge < -0.3 is 14.9 Å². The molecule has 0 aromatic carbocycles. The number of carbonyl (C=O) groups is 3. The van der Waals surface area contributed by atoms with Crippen LogP contribution < -0.4 is 0 Å². The van der Waals surface area contributed by atoms with Crippen molar-refractivity contribution in [3.8, 4) is 0 Å². The van der Waals surface area contributed by atoms with Crippen LogP contribution in [-0.2, 0) is 19.1 Å². The van der Waals surface area contributed by atoms with Crippen LogP contribution in [0.2, 0.25) is 0 Å². The molecule has 0 heterocycles. The lowest BCUT2D eigenvalue weighted by Crippen LogP contribution is -2.08. The van der Waals surface area contributed by atoms with Gasteiger partial charge in [0.15, 0.2) is 0 Å². The van der Waals surface area contributed by atoms with Gasteiger partial charge in [-0.25, -0.2) is 4.79 Å². The highest BCUT2D eigenvalue weighted by Gasteiger charge is 2.00. The average molecular weight is 232 g/mol. The van der Waals surface area contributed by atoms with Gasteiger partial charge in [-0.3, -0.25) is 9.59 Å². The van der Waals surface area contributed by atoms with E-state index in [-0.39, 0.29) is 25.4 Å². The number of aliphatic hydroxyl groups excluding tert-OH is 1. The zero-order valence-electron chi connectivity index (χ0n) is 9.36. The molecule has 0 spiro atoms. The number of aliphatic carboxylic acids is 1. The Hall–Kier alpha value is -1.69. The molecule has 2 N–H and O–H groups in total.